The van der Waals surface area contributed by atoms with Gasteiger partial charge in [-0.15, -0.1) is 0 Å². The Balaban J connectivity index is 1.47. The third kappa shape index (κ3) is 4.05. The molecule has 1 aliphatic rings. The monoisotopic (exact) mass is 444 g/mol. The lowest BCUT2D eigenvalue weighted by Crippen LogP contribution is -2.28. The van der Waals surface area contributed by atoms with Gasteiger partial charge in [0, 0.05) is 12.1 Å². The maximum atomic E-state index is 14.2. The van der Waals surface area contributed by atoms with Gasteiger partial charge in [0.15, 0.2) is 0 Å². The number of aromatic nitrogens is 4. The highest BCUT2D eigenvalue weighted by atomic mass is 35.5. The second-order valence-corrected chi connectivity index (χ2v) is 7.94. The first kappa shape index (κ1) is 21.0. The van der Waals surface area contributed by atoms with Crippen LogP contribution < -0.4 is 5.32 Å². The first-order valence-electron chi connectivity index (χ1n) is 9.77. The van der Waals surface area contributed by atoms with E-state index in [1.807, 2.05) is 38.4 Å². The second-order valence-electron chi connectivity index (χ2n) is 7.54. The van der Waals surface area contributed by atoms with E-state index in [0.717, 1.165) is 17.1 Å². The molecule has 1 unspecified atom stereocenters. The molecule has 0 radical (unpaired) electrons. The summed E-state index contributed by atoms with van der Waals surface area (Å²) < 4.78 is 17.8. The Bertz CT molecular complexity index is 1180. The highest BCUT2D eigenvalue weighted by Crippen LogP contribution is 2.27. The number of halogens is 2. The molecule has 4 rings (SSSR count). The van der Waals surface area contributed by atoms with Crippen molar-refractivity contribution in [2.45, 2.75) is 46.9 Å². The summed E-state index contributed by atoms with van der Waals surface area (Å²) in [5.74, 6) is -0.892. The van der Waals surface area contributed by atoms with Crippen LogP contribution in [0, 0.1) is 33.5 Å². The van der Waals surface area contributed by atoms with E-state index in [9.17, 15) is 9.18 Å². The van der Waals surface area contributed by atoms with E-state index in [4.69, 9.17) is 16.4 Å². The Hall–Kier alpha value is -3.20. The summed E-state index contributed by atoms with van der Waals surface area (Å²) in [6, 6.07) is 6.36. The highest BCUT2D eigenvalue weighted by molar-refractivity contribution is 6.34. The number of oxime groups is 1. The van der Waals surface area contributed by atoms with E-state index >= 15 is 0 Å². The summed E-state index contributed by atoms with van der Waals surface area (Å²) in [5, 5.41) is 16.0. The van der Waals surface area contributed by atoms with Gasteiger partial charge in [-0.2, -0.15) is 10.2 Å². The number of hydrogen-bond donors (Lipinski definition) is 1. The average molecular weight is 445 g/mol. The molecule has 0 saturated heterocycles. The molecule has 3 aromatic rings. The van der Waals surface area contributed by atoms with Crippen molar-refractivity contribution >= 4 is 28.9 Å². The van der Waals surface area contributed by atoms with Gasteiger partial charge in [-0.05, 0) is 45.9 Å². The molecule has 31 heavy (non-hydrogen) atoms. The van der Waals surface area contributed by atoms with E-state index in [1.54, 1.807) is 10.7 Å². The molecule has 1 amide bonds. The largest absolute Gasteiger partial charge is 0.382 e. The first-order valence-corrected chi connectivity index (χ1v) is 10.2. The maximum Gasteiger partial charge on any atom is 0.268 e. The van der Waals surface area contributed by atoms with Crippen molar-refractivity contribution in [1.82, 2.24) is 19.6 Å². The van der Waals surface area contributed by atoms with Crippen molar-refractivity contribution < 1.29 is 14.0 Å². The number of carbonyl (C=O) groups excluding carboxylic acids is 1. The number of anilines is 1. The minimum Gasteiger partial charge on any atom is -0.382 e. The van der Waals surface area contributed by atoms with Gasteiger partial charge in [-0.1, -0.05) is 22.8 Å². The standard InChI is InChI=1S/C21H22ClFN6O2/c1-11-8-12(2)28(25-11)10-29-14(4)20(13(3)26-29)24-21(30)18-9-17(27-31-18)19-15(22)6-5-7-16(19)23/h5-8,18H,9-10H2,1-4H3,(H,24,30). The number of benzene rings is 1. The van der Waals surface area contributed by atoms with Crippen LogP contribution in [0.25, 0.3) is 0 Å². The van der Waals surface area contributed by atoms with Gasteiger partial charge in [0.25, 0.3) is 5.91 Å². The molecule has 0 spiro atoms. The van der Waals surface area contributed by atoms with Crippen LogP contribution in [0.2, 0.25) is 5.02 Å². The molecule has 2 aromatic heterocycles. The van der Waals surface area contributed by atoms with Crippen LogP contribution in [0.3, 0.4) is 0 Å². The Morgan fingerprint density at radius 3 is 2.71 bits per heavy atom. The molecular formula is C21H22ClFN6O2. The molecule has 0 saturated carbocycles. The fraction of sp³-hybridized carbons (Fsp3) is 0.333. The molecular weight excluding hydrogens is 423 g/mol. The summed E-state index contributed by atoms with van der Waals surface area (Å²) in [6.45, 7) is 8.03. The number of hydrogen-bond acceptors (Lipinski definition) is 5. The average Bonchev–Trinajstić information content (AvgIpc) is 3.37. The minimum atomic E-state index is -0.885. The van der Waals surface area contributed by atoms with E-state index in [2.05, 4.69) is 20.7 Å². The Labute approximate surface area is 183 Å². The SMILES string of the molecule is Cc1cc(C)n(Cn2nc(C)c(NC(=O)C3CC(c4c(F)cccc4Cl)=NO3)c2C)n1. The quantitative estimate of drug-likeness (QED) is 0.649. The van der Waals surface area contributed by atoms with Crippen LogP contribution in [-0.2, 0) is 16.3 Å². The van der Waals surface area contributed by atoms with Crippen LogP contribution in [0.15, 0.2) is 29.4 Å². The van der Waals surface area contributed by atoms with E-state index < -0.39 is 11.9 Å². The van der Waals surface area contributed by atoms with Gasteiger partial charge in [-0.25, -0.2) is 13.8 Å². The topological polar surface area (TPSA) is 86.3 Å². The third-order valence-electron chi connectivity index (χ3n) is 5.21. The summed E-state index contributed by atoms with van der Waals surface area (Å²) >= 11 is 6.09. The van der Waals surface area contributed by atoms with Crippen LogP contribution in [0.1, 0.15) is 34.8 Å². The van der Waals surface area contributed by atoms with Crippen molar-refractivity contribution in [3.05, 3.63) is 63.4 Å². The third-order valence-corrected chi connectivity index (χ3v) is 5.53. The number of aryl methyl sites for hydroxylation is 3. The molecule has 1 aromatic carbocycles. The Kier molecular flexibility index (Phi) is 5.53. The zero-order valence-electron chi connectivity index (χ0n) is 17.6. The van der Waals surface area contributed by atoms with Crippen LogP contribution in [0.5, 0.6) is 0 Å². The molecule has 162 valence electrons. The maximum absolute atomic E-state index is 14.2. The first-order chi connectivity index (χ1) is 14.7. The fourth-order valence-corrected chi connectivity index (χ4v) is 3.88. The zero-order valence-corrected chi connectivity index (χ0v) is 18.4. The van der Waals surface area contributed by atoms with Gasteiger partial charge in [0.2, 0.25) is 6.10 Å². The van der Waals surface area contributed by atoms with Gasteiger partial charge in [-0.3, -0.25) is 4.79 Å². The van der Waals surface area contributed by atoms with Crippen molar-refractivity contribution in [3.63, 3.8) is 0 Å². The highest BCUT2D eigenvalue weighted by Gasteiger charge is 2.32. The number of rotatable bonds is 5. The molecule has 1 atom stereocenters. The molecule has 3 heterocycles. The van der Waals surface area contributed by atoms with Crippen molar-refractivity contribution in [3.8, 4) is 0 Å². The lowest BCUT2D eigenvalue weighted by atomic mass is 10.0. The lowest BCUT2D eigenvalue weighted by Gasteiger charge is -2.11. The molecule has 0 fully saturated rings. The van der Waals surface area contributed by atoms with E-state index in [1.165, 1.54) is 12.1 Å². The minimum absolute atomic E-state index is 0.116. The molecule has 1 N–H and O–H groups in total. The smallest absolute Gasteiger partial charge is 0.268 e. The molecule has 10 heteroatoms. The Morgan fingerprint density at radius 1 is 1.26 bits per heavy atom. The van der Waals surface area contributed by atoms with Crippen molar-refractivity contribution in [1.29, 1.82) is 0 Å². The number of nitrogens with one attached hydrogen (secondary N) is 1. The summed E-state index contributed by atoms with van der Waals surface area (Å²) in [4.78, 5) is 18.1. The van der Waals surface area contributed by atoms with Crippen molar-refractivity contribution in [2.75, 3.05) is 5.32 Å². The number of nitrogens with zero attached hydrogens (tertiary/aromatic N) is 5. The van der Waals surface area contributed by atoms with Gasteiger partial charge < -0.3 is 10.2 Å². The fourth-order valence-electron chi connectivity index (χ4n) is 3.60. The van der Waals surface area contributed by atoms with Gasteiger partial charge >= 0.3 is 0 Å². The van der Waals surface area contributed by atoms with E-state index in [-0.39, 0.29) is 22.9 Å². The van der Waals surface area contributed by atoms with Gasteiger partial charge in [0.1, 0.15) is 12.5 Å². The summed E-state index contributed by atoms with van der Waals surface area (Å²) in [7, 11) is 0. The summed E-state index contributed by atoms with van der Waals surface area (Å²) in [5.41, 5.74) is 4.47. The van der Waals surface area contributed by atoms with Crippen LogP contribution in [0.4, 0.5) is 10.1 Å². The van der Waals surface area contributed by atoms with Crippen LogP contribution >= 0.6 is 11.6 Å². The van der Waals surface area contributed by atoms with E-state index in [0.29, 0.717) is 23.8 Å². The zero-order chi connectivity index (χ0) is 22.3. The predicted molar refractivity (Wildman–Crippen MR) is 115 cm³/mol. The predicted octanol–water partition coefficient (Wildman–Crippen LogP) is 3.74. The Morgan fingerprint density at radius 2 is 2.03 bits per heavy atom. The number of amides is 1. The van der Waals surface area contributed by atoms with Gasteiger partial charge in [0.05, 0.1) is 39.1 Å². The molecule has 8 nitrogen and oxygen atoms in total. The normalized spacial score (nSPS) is 15.7. The molecule has 0 bridgehead atoms. The second kappa shape index (κ2) is 8.14. The van der Waals surface area contributed by atoms with Crippen molar-refractivity contribution in [2.24, 2.45) is 5.16 Å². The molecule has 1 aliphatic heterocycles. The van der Waals surface area contributed by atoms with Crippen LogP contribution in [-0.4, -0.2) is 37.3 Å². The lowest BCUT2D eigenvalue weighted by molar-refractivity contribution is -0.125. The number of carbonyl (C=O) groups is 1. The molecule has 0 aliphatic carbocycles. The summed E-state index contributed by atoms with van der Waals surface area (Å²) in [6.07, 6.45) is -0.770.